The van der Waals surface area contributed by atoms with E-state index in [1.165, 1.54) is 0 Å². The first-order valence-corrected chi connectivity index (χ1v) is 6.02. The standard InChI is InChI=1S/C13H16N4O2/c1-2-15-13(18)9-3-4-11(14)12(7-9)16-8-10-5-6-17-19-10/h3-7,16H,2,8,14H2,1H3,(H,15,18). The largest absolute Gasteiger partial charge is 0.397 e. The summed E-state index contributed by atoms with van der Waals surface area (Å²) >= 11 is 0. The molecule has 4 N–H and O–H groups in total. The molecule has 0 unspecified atom stereocenters. The van der Waals surface area contributed by atoms with Crippen LogP contribution < -0.4 is 16.4 Å². The van der Waals surface area contributed by atoms with E-state index in [2.05, 4.69) is 15.8 Å². The Morgan fingerprint density at radius 3 is 2.95 bits per heavy atom. The molecule has 2 aromatic rings. The smallest absolute Gasteiger partial charge is 0.251 e. The molecule has 0 aliphatic carbocycles. The SMILES string of the molecule is CCNC(=O)c1ccc(N)c(NCc2ccno2)c1. The minimum absolute atomic E-state index is 0.120. The molecular formula is C13H16N4O2. The summed E-state index contributed by atoms with van der Waals surface area (Å²) in [4.78, 5) is 11.7. The van der Waals surface area contributed by atoms with Gasteiger partial charge >= 0.3 is 0 Å². The molecular weight excluding hydrogens is 244 g/mol. The molecule has 0 saturated carbocycles. The highest BCUT2D eigenvalue weighted by Crippen LogP contribution is 2.20. The first-order chi connectivity index (χ1) is 9.20. The Labute approximate surface area is 111 Å². The lowest BCUT2D eigenvalue weighted by Crippen LogP contribution is -2.22. The molecule has 0 aliphatic rings. The minimum Gasteiger partial charge on any atom is -0.397 e. The fourth-order valence-electron chi connectivity index (χ4n) is 1.63. The van der Waals surface area contributed by atoms with Crippen LogP contribution in [-0.4, -0.2) is 17.6 Å². The molecule has 100 valence electrons. The number of carbonyl (C=O) groups excluding carboxylic acids is 1. The molecule has 6 nitrogen and oxygen atoms in total. The number of amides is 1. The van der Waals surface area contributed by atoms with Gasteiger partial charge in [0, 0.05) is 18.2 Å². The molecule has 2 rings (SSSR count). The van der Waals surface area contributed by atoms with E-state index in [9.17, 15) is 4.79 Å². The molecule has 6 heteroatoms. The zero-order chi connectivity index (χ0) is 13.7. The van der Waals surface area contributed by atoms with Gasteiger partial charge in [0.2, 0.25) is 0 Å². The lowest BCUT2D eigenvalue weighted by atomic mass is 10.1. The summed E-state index contributed by atoms with van der Waals surface area (Å²) in [5, 5.41) is 9.47. The summed E-state index contributed by atoms with van der Waals surface area (Å²) in [6.07, 6.45) is 1.57. The maximum absolute atomic E-state index is 11.7. The van der Waals surface area contributed by atoms with Crippen molar-refractivity contribution in [3.8, 4) is 0 Å². The van der Waals surface area contributed by atoms with Crippen LogP contribution in [0.3, 0.4) is 0 Å². The van der Waals surface area contributed by atoms with E-state index in [0.29, 0.717) is 35.8 Å². The van der Waals surface area contributed by atoms with Crippen LogP contribution in [0.2, 0.25) is 0 Å². The van der Waals surface area contributed by atoms with Gasteiger partial charge in [-0.05, 0) is 25.1 Å². The van der Waals surface area contributed by atoms with Crippen LogP contribution in [0.4, 0.5) is 11.4 Å². The van der Waals surface area contributed by atoms with Crippen molar-refractivity contribution in [1.82, 2.24) is 10.5 Å². The van der Waals surface area contributed by atoms with Gasteiger partial charge in [-0.15, -0.1) is 0 Å². The van der Waals surface area contributed by atoms with Crippen molar-refractivity contribution in [1.29, 1.82) is 0 Å². The second-order valence-electron chi connectivity index (χ2n) is 3.99. The first-order valence-electron chi connectivity index (χ1n) is 6.02. The average Bonchev–Trinajstić information content (AvgIpc) is 2.91. The number of anilines is 2. The van der Waals surface area contributed by atoms with Gasteiger partial charge in [-0.2, -0.15) is 0 Å². The molecule has 0 spiro atoms. The Kier molecular flexibility index (Phi) is 4.02. The number of nitrogen functional groups attached to an aromatic ring is 1. The van der Waals surface area contributed by atoms with E-state index < -0.39 is 0 Å². The fourth-order valence-corrected chi connectivity index (χ4v) is 1.63. The highest BCUT2D eigenvalue weighted by Gasteiger charge is 2.08. The quantitative estimate of drug-likeness (QED) is 0.710. The van der Waals surface area contributed by atoms with Crippen LogP contribution in [0.5, 0.6) is 0 Å². The summed E-state index contributed by atoms with van der Waals surface area (Å²) in [6, 6.07) is 6.88. The lowest BCUT2D eigenvalue weighted by molar-refractivity contribution is 0.0956. The number of nitrogens with two attached hydrogens (primary N) is 1. The summed E-state index contributed by atoms with van der Waals surface area (Å²) in [7, 11) is 0. The van der Waals surface area contributed by atoms with Crippen LogP contribution in [0.15, 0.2) is 35.0 Å². The third-order valence-electron chi connectivity index (χ3n) is 2.60. The summed E-state index contributed by atoms with van der Waals surface area (Å²) < 4.78 is 4.98. The zero-order valence-corrected chi connectivity index (χ0v) is 10.6. The summed E-state index contributed by atoms with van der Waals surface area (Å²) in [5.74, 6) is 0.577. The van der Waals surface area contributed by atoms with Crippen LogP contribution >= 0.6 is 0 Å². The molecule has 1 aromatic carbocycles. The molecule has 1 amide bonds. The third kappa shape index (κ3) is 3.25. The number of aromatic nitrogens is 1. The molecule has 0 atom stereocenters. The zero-order valence-electron chi connectivity index (χ0n) is 10.6. The second kappa shape index (κ2) is 5.90. The Balaban J connectivity index is 2.10. The van der Waals surface area contributed by atoms with Gasteiger partial charge in [0.1, 0.15) is 0 Å². The van der Waals surface area contributed by atoms with Crippen molar-refractivity contribution in [2.75, 3.05) is 17.6 Å². The van der Waals surface area contributed by atoms with Crippen molar-refractivity contribution in [3.05, 3.63) is 41.8 Å². The molecule has 0 bridgehead atoms. The second-order valence-corrected chi connectivity index (χ2v) is 3.99. The summed E-state index contributed by atoms with van der Waals surface area (Å²) in [5.41, 5.74) is 7.70. The number of carbonyl (C=O) groups is 1. The summed E-state index contributed by atoms with van der Waals surface area (Å²) in [6.45, 7) is 2.92. The molecule has 1 heterocycles. The van der Waals surface area contributed by atoms with Crippen molar-refractivity contribution >= 4 is 17.3 Å². The van der Waals surface area contributed by atoms with Gasteiger partial charge in [-0.1, -0.05) is 5.16 Å². The average molecular weight is 260 g/mol. The number of rotatable bonds is 5. The number of hydrogen-bond donors (Lipinski definition) is 3. The van der Waals surface area contributed by atoms with E-state index in [0.717, 1.165) is 0 Å². The Bertz CT molecular complexity index is 552. The van der Waals surface area contributed by atoms with E-state index in [1.54, 1.807) is 30.5 Å². The topological polar surface area (TPSA) is 93.2 Å². The van der Waals surface area contributed by atoms with E-state index >= 15 is 0 Å². The fraction of sp³-hybridized carbons (Fsp3) is 0.231. The van der Waals surface area contributed by atoms with Crippen molar-refractivity contribution < 1.29 is 9.32 Å². The Morgan fingerprint density at radius 1 is 1.42 bits per heavy atom. The third-order valence-corrected chi connectivity index (χ3v) is 2.60. The first kappa shape index (κ1) is 12.9. The predicted octanol–water partition coefficient (Wildman–Crippen LogP) is 1.62. The Morgan fingerprint density at radius 2 is 2.26 bits per heavy atom. The van der Waals surface area contributed by atoms with Gasteiger partial charge in [-0.25, -0.2) is 0 Å². The predicted molar refractivity (Wildman–Crippen MR) is 72.7 cm³/mol. The monoisotopic (exact) mass is 260 g/mol. The molecule has 0 aliphatic heterocycles. The van der Waals surface area contributed by atoms with Gasteiger partial charge in [-0.3, -0.25) is 4.79 Å². The van der Waals surface area contributed by atoms with E-state index in [-0.39, 0.29) is 5.91 Å². The number of benzene rings is 1. The van der Waals surface area contributed by atoms with Gasteiger partial charge in [0.05, 0.1) is 24.1 Å². The van der Waals surface area contributed by atoms with Gasteiger partial charge < -0.3 is 20.9 Å². The van der Waals surface area contributed by atoms with Crippen LogP contribution in [0.1, 0.15) is 23.0 Å². The maximum Gasteiger partial charge on any atom is 0.251 e. The number of hydrogen-bond acceptors (Lipinski definition) is 5. The Hall–Kier alpha value is -2.50. The number of nitrogens with zero attached hydrogens (tertiary/aromatic N) is 1. The van der Waals surface area contributed by atoms with Crippen LogP contribution in [0.25, 0.3) is 0 Å². The van der Waals surface area contributed by atoms with Crippen molar-refractivity contribution in [3.63, 3.8) is 0 Å². The van der Waals surface area contributed by atoms with Gasteiger partial charge in [0.25, 0.3) is 5.91 Å². The van der Waals surface area contributed by atoms with Crippen LogP contribution in [-0.2, 0) is 6.54 Å². The molecule has 0 fully saturated rings. The van der Waals surface area contributed by atoms with Crippen LogP contribution in [0, 0.1) is 0 Å². The van der Waals surface area contributed by atoms with E-state index in [4.69, 9.17) is 10.3 Å². The lowest BCUT2D eigenvalue weighted by Gasteiger charge is -2.10. The minimum atomic E-state index is -0.120. The maximum atomic E-state index is 11.7. The van der Waals surface area contributed by atoms with Gasteiger partial charge in [0.15, 0.2) is 5.76 Å². The van der Waals surface area contributed by atoms with Crippen molar-refractivity contribution in [2.45, 2.75) is 13.5 Å². The van der Waals surface area contributed by atoms with Crippen molar-refractivity contribution in [2.24, 2.45) is 0 Å². The molecule has 1 aromatic heterocycles. The highest BCUT2D eigenvalue weighted by atomic mass is 16.5. The normalized spacial score (nSPS) is 10.2. The van der Waals surface area contributed by atoms with E-state index in [1.807, 2.05) is 6.92 Å². The number of nitrogens with one attached hydrogen (secondary N) is 2. The molecule has 0 radical (unpaired) electrons. The molecule has 19 heavy (non-hydrogen) atoms. The molecule has 0 saturated heterocycles. The highest BCUT2D eigenvalue weighted by molar-refractivity contribution is 5.96.